The van der Waals surface area contributed by atoms with E-state index in [2.05, 4.69) is 110 Å². The van der Waals surface area contributed by atoms with Gasteiger partial charge in [0.1, 0.15) is 5.82 Å². The second kappa shape index (κ2) is 18.6. The van der Waals surface area contributed by atoms with Crippen molar-refractivity contribution in [2.24, 2.45) is 5.92 Å². The Bertz CT molecular complexity index is 3890. The Morgan fingerprint density at radius 1 is 0.643 bits per heavy atom. The molecule has 3 heterocycles. The smallest absolute Gasteiger partial charge is 0.268 e. The van der Waals surface area contributed by atoms with Gasteiger partial charge < -0.3 is 13.9 Å². The van der Waals surface area contributed by atoms with Gasteiger partial charge in [0, 0.05) is 47.0 Å². The van der Waals surface area contributed by atoms with E-state index >= 15 is 0 Å². The van der Waals surface area contributed by atoms with Crippen LogP contribution in [-0.2, 0) is 43.7 Å². The summed E-state index contributed by atoms with van der Waals surface area (Å²) < 4.78 is 74.9. The monoisotopic (exact) mass is 1100 g/mol. The van der Waals surface area contributed by atoms with Gasteiger partial charge in [-0.25, -0.2) is 4.98 Å². The van der Waals surface area contributed by atoms with Crippen LogP contribution in [0, 0.1) is 24.4 Å². The molecule has 0 N–H and O–H groups in total. The van der Waals surface area contributed by atoms with E-state index in [0.29, 0.717) is 39.8 Å². The van der Waals surface area contributed by atoms with E-state index in [1.54, 1.807) is 0 Å². The summed E-state index contributed by atoms with van der Waals surface area (Å²) >= 11 is 0. The molecule has 0 atom stereocenters. The van der Waals surface area contributed by atoms with Crippen LogP contribution in [0.4, 0.5) is 0 Å². The van der Waals surface area contributed by atoms with E-state index in [-0.39, 0.29) is 60.9 Å². The first kappa shape index (κ1) is 40.2. The predicted octanol–water partition coefficient (Wildman–Crippen LogP) is 16.0. The molecule has 70 heavy (non-hydrogen) atoms. The number of fused-ring (bicyclic) bond motifs is 4. The van der Waals surface area contributed by atoms with Crippen LogP contribution in [-0.4, -0.2) is 14.1 Å². The molecule has 0 fully saturated rings. The van der Waals surface area contributed by atoms with E-state index in [4.69, 9.17) is 16.6 Å². The van der Waals surface area contributed by atoms with Gasteiger partial charge in [0.05, 0.1) is 23.6 Å². The second-order valence-corrected chi connectivity index (χ2v) is 21.4. The number of pyridine rings is 1. The zero-order chi connectivity index (χ0) is 54.6. The molecule has 0 aliphatic heterocycles. The number of aromatic nitrogens is 4. The van der Waals surface area contributed by atoms with Crippen molar-refractivity contribution in [3.05, 3.63) is 198 Å². The van der Waals surface area contributed by atoms with Gasteiger partial charge >= 0.3 is 0 Å². The van der Waals surface area contributed by atoms with Crippen molar-refractivity contribution in [1.29, 1.82) is 0 Å². The molecule has 10 aromatic rings. The summed E-state index contributed by atoms with van der Waals surface area (Å²) in [6.45, 7) is 23.5. The number of rotatable bonds is 9. The van der Waals surface area contributed by atoms with E-state index in [0.717, 1.165) is 60.7 Å². The Labute approximate surface area is 438 Å². The zero-order valence-electron chi connectivity index (χ0n) is 48.7. The molecule has 0 bridgehead atoms. The van der Waals surface area contributed by atoms with Crippen LogP contribution in [0.1, 0.15) is 108 Å². The Hall–Kier alpha value is -6.55. The third-order valence-corrected chi connectivity index (χ3v) is 12.7. The number of para-hydroxylation sites is 3. The van der Waals surface area contributed by atoms with Crippen LogP contribution >= 0.6 is 0 Å². The molecule has 0 aliphatic rings. The summed E-state index contributed by atoms with van der Waals surface area (Å²) in [5.41, 5.74) is 10.1. The molecule has 0 saturated carbocycles. The van der Waals surface area contributed by atoms with Gasteiger partial charge in [0.15, 0.2) is 0 Å². The topological polar surface area (TPSA) is 35.9 Å². The molecule has 0 unspecified atom stereocenters. The van der Waals surface area contributed by atoms with Gasteiger partial charge in [0.2, 0.25) is 0 Å². The minimum absolute atomic E-state index is 0. The van der Waals surface area contributed by atoms with Gasteiger partial charge in [0.25, 0.3) is 6.33 Å². The summed E-state index contributed by atoms with van der Waals surface area (Å²) in [4.78, 5) is 4.86. The first-order valence-corrected chi connectivity index (χ1v) is 23.7. The van der Waals surface area contributed by atoms with Crippen LogP contribution in [0.15, 0.2) is 158 Å². The maximum Gasteiger partial charge on any atom is 0.268 e. The number of nitrogens with zero attached hydrogens (tertiary/aromatic N) is 4. The van der Waals surface area contributed by atoms with Gasteiger partial charge in [-0.1, -0.05) is 185 Å². The Morgan fingerprint density at radius 2 is 1.31 bits per heavy atom. The standard InChI is InChI=1S/C64H62N4O.Pt/c1-42(2)33-43-27-30-56-55(34-43)54-29-28-51(40-59(54)68(56)60-38-46(31-32-65-60)62(3,4)5)69-50-22-17-21-49(39-50)66-41-67(58-26-16-15-25-57(58)66)61-52(44-19-13-12-14-20-44)23-18-24-53(61)45-35-47(63(6,7)8)37-48(36-45)64(9,10)11;/h12-32,34-38,42H,33H2,1-11H3;/q-2;/i12D,13D,14D,19D,20D,33D2;. The van der Waals surface area contributed by atoms with Crippen LogP contribution < -0.4 is 9.30 Å². The molecule has 3 aromatic heterocycles. The third-order valence-electron chi connectivity index (χ3n) is 12.7. The van der Waals surface area contributed by atoms with Gasteiger partial charge in [-0.2, -0.15) is 18.2 Å². The fraction of sp³-hybridized carbons (Fsp3) is 0.250. The normalized spacial score (nSPS) is 13.9. The first-order chi connectivity index (χ1) is 35.7. The van der Waals surface area contributed by atoms with Crippen molar-refractivity contribution in [3.63, 3.8) is 0 Å². The second-order valence-electron chi connectivity index (χ2n) is 21.4. The fourth-order valence-electron chi connectivity index (χ4n) is 9.05. The van der Waals surface area contributed by atoms with Crippen molar-refractivity contribution in [2.75, 3.05) is 0 Å². The summed E-state index contributed by atoms with van der Waals surface area (Å²) in [7, 11) is 0. The number of ether oxygens (including phenoxy) is 1. The van der Waals surface area contributed by atoms with E-state index in [1.165, 1.54) is 0 Å². The van der Waals surface area contributed by atoms with E-state index in [9.17, 15) is 2.74 Å². The van der Waals surface area contributed by atoms with Crippen molar-refractivity contribution in [3.8, 4) is 50.9 Å². The number of imidazole rings is 1. The largest absolute Gasteiger partial charge is 0.510 e. The third kappa shape index (κ3) is 9.41. The molecule has 356 valence electrons. The zero-order valence-corrected chi connectivity index (χ0v) is 44.0. The summed E-state index contributed by atoms with van der Waals surface area (Å²) in [5.74, 6) is 1.33. The molecule has 0 amide bonds. The van der Waals surface area contributed by atoms with E-state index in [1.807, 2.05) is 126 Å². The van der Waals surface area contributed by atoms with Crippen LogP contribution in [0.5, 0.6) is 11.5 Å². The predicted molar refractivity (Wildman–Crippen MR) is 285 cm³/mol. The maximum absolute atomic E-state index is 9.22. The van der Waals surface area contributed by atoms with Crippen molar-refractivity contribution < 1.29 is 40.0 Å². The molecule has 10 rings (SSSR count). The van der Waals surface area contributed by atoms with Gasteiger partial charge in [-0.15, -0.1) is 29.7 Å². The van der Waals surface area contributed by atoms with Crippen molar-refractivity contribution in [2.45, 2.75) is 98.8 Å². The van der Waals surface area contributed by atoms with Crippen molar-refractivity contribution >= 4 is 32.8 Å². The quantitative estimate of drug-likeness (QED) is 0.107. The molecule has 0 radical (unpaired) electrons. The van der Waals surface area contributed by atoms with Gasteiger partial charge in [-0.3, -0.25) is 4.57 Å². The Kier molecular flexibility index (Phi) is 10.7. The average molecular weight is 1110 g/mol. The Morgan fingerprint density at radius 3 is 2.01 bits per heavy atom. The molecular weight excluding hydrogens is 1040 g/mol. The summed E-state index contributed by atoms with van der Waals surface area (Å²) in [6.07, 6.45) is 3.93. The number of hydrogen-bond donors (Lipinski definition) is 0. The SMILES string of the molecule is [2H]c1c([2H])c([2H])c(-c2cccc(-c3cc(C(C)(C)C)cc(C(C)(C)C)c3)c2-[n+]2[c-]n(-c3[c-]c(Oc4[c-]c5c(cc4)c4cc(C([2H])([2H])C(C)C)ccc4n5-c4cc(C(C)(C)C)ccn4)ccc3)c3ccccc32)c([2H])c1[2H].[Pt]. The maximum atomic E-state index is 9.22. The van der Waals surface area contributed by atoms with Crippen LogP contribution in [0.2, 0.25) is 0 Å². The van der Waals surface area contributed by atoms with Crippen LogP contribution in [0.3, 0.4) is 0 Å². The Balaban J connectivity index is 0.00000722. The molecule has 6 heteroatoms. The minimum atomic E-state index is -1.55. The molecule has 7 aromatic carbocycles. The number of benzene rings is 7. The summed E-state index contributed by atoms with van der Waals surface area (Å²) in [6, 6.07) is 45.0. The fourth-order valence-corrected chi connectivity index (χ4v) is 9.05. The molecular formula is C64H62N4OPt-2. The average Bonchev–Trinajstić information content (AvgIpc) is 3.99. The van der Waals surface area contributed by atoms with Gasteiger partial charge in [-0.05, 0) is 102 Å². The molecule has 0 spiro atoms. The van der Waals surface area contributed by atoms with Crippen LogP contribution in [0.25, 0.3) is 72.3 Å². The summed E-state index contributed by atoms with van der Waals surface area (Å²) in [5, 5.41) is 1.76. The number of hydrogen-bond acceptors (Lipinski definition) is 2. The molecule has 0 saturated heterocycles. The molecule has 5 nitrogen and oxygen atoms in total. The van der Waals surface area contributed by atoms with Crippen molar-refractivity contribution in [1.82, 2.24) is 14.1 Å². The van der Waals surface area contributed by atoms with E-state index < -0.39 is 24.5 Å². The molecule has 0 aliphatic carbocycles. The first-order valence-electron chi connectivity index (χ1n) is 27.2. The minimum Gasteiger partial charge on any atom is -0.510 e.